The summed E-state index contributed by atoms with van der Waals surface area (Å²) < 4.78 is 0. The minimum atomic E-state index is -0.273. The van der Waals surface area contributed by atoms with Crippen LogP contribution in [0.5, 0.6) is 0 Å². The Hall–Kier alpha value is -4.05. The molecule has 1 heterocycles. The molecule has 4 rings (SSSR count). The fourth-order valence-corrected chi connectivity index (χ4v) is 3.04. The molecule has 3 aromatic carbocycles. The lowest BCUT2D eigenvalue weighted by Crippen LogP contribution is -2.18. The first-order valence-corrected chi connectivity index (χ1v) is 9.31. The highest BCUT2D eigenvalue weighted by atomic mass is 16.2. The summed E-state index contributed by atoms with van der Waals surface area (Å²) in [6.45, 7) is 0. The van der Waals surface area contributed by atoms with Crippen molar-refractivity contribution in [2.24, 2.45) is 5.10 Å². The smallest absolute Gasteiger partial charge is 0.267 e. The number of amides is 1. The summed E-state index contributed by atoms with van der Waals surface area (Å²) in [5, 5.41) is 4.83. The van der Waals surface area contributed by atoms with Crippen molar-refractivity contribution in [3.05, 3.63) is 108 Å². The summed E-state index contributed by atoms with van der Waals surface area (Å²) in [4.78, 5) is 17.5. The summed E-state index contributed by atoms with van der Waals surface area (Å²) in [6.07, 6.45) is 5.27. The molecular formula is C25H19N3O. The molecule has 0 bridgehead atoms. The van der Waals surface area contributed by atoms with Crippen LogP contribution in [0.4, 0.5) is 0 Å². The van der Waals surface area contributed by atoms with Crippen LogP contribution in [0.25, 0.3) is 28.2 Å². The Kier molecular flexibility index (Phi) is 5.53. The van der Waals surface area contributed by atoms with Gasteiger partial charge in [-0.25, -0.2) is 10.4 Å². The van der Waals surface area contributed by atoms with Crippen molar-refractivity contribution < 1.29 is 4.79 Å². The number of para-hydroxylation sites is 1. The number of hydrazone groups is 1. The lowest BCUT2D eigenvalue weighted by molar-refractivity contribution is 0.0957. The maximum Gasteiger partial charge on any atom is 0.272 e. The number of hydrogen-bond acceptors (Lipinski definition) is 3. The van der Waals surface area contributed by atoms with Crippen LogP contribution in [0.3, 0.4) is 0 Å². The second kappa shape index (κ2) is 8.76. The lowest BCUT2D eigenvalue weighted by Gasteiger charge is -2.08. The third kappa shape index (κ3) is 4.45. The predicted molar refractivity (Wildman–Crippen MR) is 119 cm³/mol. The van der Waals surface area contributed by atoms with Crippen molar-refractivity contribution >= 4 is 29.1 Å². The Morgan fingerprint density at radius 3 is 2.34 bits per heavy atom. The van der Waals surface area contributed by atoms with Crippen LogP contribution in [0.1, 0.15) is 15.9 Å². The highest BCUT2D eigenvalue weighted by Crippen LogP contribution is 2.24. The molecule has 1 N–H and O–H groups in total. The normalized spacial score (nSPS) is 11.3. The summed E-state index contributed by atoms with van der Waals surface area (Å²) in [5.41, 5.74) is 6.70. The van der Waals surface area contributed by atoms with Crippen LogP contribution in [-0.2, 0) is 0 Å². The van der Waals surface area contributed by atoms with Crippen molar-refractivity contribution in [2.45, 2.75) is 0 Å². The number of fused-ring (bicyclic) bond motifs is 1. The van der Waals surface area contributed by atoms with E-state index in [-0.39, 0.29) is 5.91 Å². The van der Waals surface area contributed by atoms with Crippen LogP contribution in [0, 0.1) is 0 Å². The van der Waals surface area contributed by atoms with E-state index in [4.69, 9.17) is 4.98 Å². The second-order valence-corrected chi connectivity index (χ2v) is 6.43. The van der Waals surface area contributed by atoms with Crippen LogP contribution >= 0.6 is 0 Å². The second-order valence-electron chi connectivity index (χ2n) is 6.43. The molecule has 0 unspecified atom stereocenters. The van der Waals surface area contributed by atoms with Crippen LogP contribution < -0.4 is 5.43 Å². The molecule has 4 nitrogen and oxygen atoms in total. The third-order valence-electron chi connectivity index (χ3n) is 4.45. The van der Waals surface area contributed by atoms with E-state index in [9.17, 15) is 4.79 Å². The van der Waals surface area contributed by atoms with Gasteiger partial charge in [-0.05, 0) is 23.8 Å². The van der Waals surface area contributed by atoms with Crippen molar-refractivity contribution in [1.29, 1.82) is 0 Å². The standard InChI is InChI=1S/C25H19N3O/c29-25(28-26-17-9-12-19-10-3-1-4-11-19)22-18-24(20-13-5-2-6-14-20)27-23-16-8-7-15-21(22)23/h1-18H,(H,28,29)/b12-9+,26-17-. The number of pyridine rings is 1. The van der Waals surface area contributed by atoms with E-state index in [0.29, 0.717) is 5.56 Å². The highest BCUT2D eigenvalue weighted by Gasteiger charge is 2.13. The number of aromatic nitrogens is 1. The Balaban J connectivity index is 1.58. The van der Waals surface area contributed by atoms with Crippen molar-refractivity contribution in [3.63, 3.8) is 0 Å². The Labute approximate surface area is 169 Å². The molecule has 0 saturated heterocycles. The molecular weight excluding hydrogens is 358 g/mol. The maximum absolute atomic E-state index is 12.8. The summed E-state index contributed by atoms with van der Waals surface area (Å²) in [7, 11) is 0. The predicted octanol–water partition coefficient (Wildman–Crippen LogP) is 5.33. The molecule has 140 valence electrons. The van der Waals surface area contributed by atoms with E-state index in [2.05, 4.69) is 10.5 Å². The summed E-state index contributed by atoms with van der Waals surface area (Å²) in [5.74, 6) is -0.273. The minimum absolute atomic E-state index is 0.273. The molecule has 4 aromatic rings. The molecule has 29 heavy (non-hydrogen) atoms. The Morgan fingerprint density at radius 1 is 0.862 bits per heavy atom. The van der Waals surface area contributed by atoms with Gasteiger partial charge in [0.1, 0.15) is 0 Å². The largest absolute Gasteiger partial charge is 0.272 e. The number of rotatable bonds is 5. The Morgan fingerprint density at radius 2 is 1.55 bits per heavy atom. The first kappa shape index (κ1) is 18.3. The molecule has 0 saturated carbocycles. The van der Waals surface area contributed by atoms with E-state index in [1.54, 1.807) is 12.3 Å². The fourth-order valence-electron chi connectivity index (χ4n) is 3.04. The van der Waals surface area contributed by atoms with Crippen LogP contribution in [-0.4, -0.2) is 17.1 Å². The molecule has 1 aromatic heterocycles. The molecule has 1 amide bonds. The van der Waals surface area contributed by atoms with Gasteiger partial charge in [0.25, 0.3) is 5.91 Å². The first-order chi connectivity index (χ1) is 14.3. The van der Waals surface area contributed by atoms with Gasteiger partial charge in [-0.15, -0.1) is 0 Å². The number of hydrogen-bond donors (Lipinski definition) is 1. The monoisotopic (exact) mass is 377 g/mol. The van der Waals surface area contributed by atoms with Crippen molar-refractivity contribution in [2.75, 3.05) is 0 Å². The molecule has 0 aliphatic heterocycles. The van der Waals surface area contributed by atoms with E-state index in [1.807, 2.05) is 97.1 Å². The molecule has 0 fully saturated rings. The lowest BCUT2D eigenvalue weighted by atomic mass is 10.0. The topological polar surface area (TPSA) is 54.4 Å². The average molecular weight is 377 g/mol. The molecule has 4 heteroatoms. The summed E-state index contributed by atoms with van der Waals surface area (Å²) >= 11 is 0. The van der Waals surface area contributed by atoms with Gasteiger partial charge in [0.15, 0.2) is 0 Å². The molecule has 0 radical (unpaired) electrons. The number of nitrogens with one attached hydrogen (secondary N) is 1. The van der Waals surface area contributed by atoms with Gasteiger partial charge in [0.05, 0.1) is 16.8 Å². The van der Waals surface area contributed by atoms with Crippen molar-refractivity contribution in [1.82, 2.24) is 10.4 Å². The third-order valence-corrected chi connectivity index (χ3v) is 4.45. The molecule has 0 aliphatic carbocycles. The van der Waals surface area contributed by atoms with Gasteiger partial charge < -0.3 is 0 Å². The van der Waals surface area contributed by atoms with Crippen molar-refractivity contribution in [3.8, 4) is 11.3 Å². The minimum Gasteiger partial charge on any atom is -0.267 e. The molecule has 0 spiro atoms. The quantitative estimate of drug-likeness (QED) is 0.377. The first-order valence-electron chi connectivity index (χ1n) is 9.31. The van der Waals surface area contributed by atoms with Gasteiger partial charge in [-0.2, -0.15) is 5.10 Å². The zero-order valence-electron chi connectivity index (χ0n) is 15.7. The zero-order valence-corrected chi connectivity index (χ0v) is 15.7. The van der Waals surface area contributed by atoms with E-state index in [0.717, 1.165) is 27.7 Å². The molecule has 0 aliphatic rings. The highest BCUT2D eigenvalue weighted by molar-refractivity contribution is 6.07. The van der Waals surface area contributed by atoms with Crippen LogP contribution in [0.15, 0.2) is 102 Å². The van der Waals surface area contributed by atoms with E-state index >= 15 is 0 Å². The van der Waals surface area contributed by atoms with Gasteiger partial charge in [0, 0.05) is 17.2 Å². The van der Waals surface area contributed by atoms with E-state index < -0.39 is 0 Å². The van der Waals surface area contributed by atoms with Crippen LogP contribution in [0.2, 0.25) is 0 Å². The van der Waals surface area contributed by atoms with E-state index in [1.165, 1.54) is 0 Å². The maximum atomic E-state index is 12.8. The number of carbonyl (C=O) groups is 1. The number of carbonyl (C=O) groups excluding carboxylic acids is 1. The fraction of sp³-hybridized carbons (Fsp3) is 0. The van der Waals surface area contributed by atoms with Gasteiger partial charge >= 0.3 is 0 Å². The SMILES string of the molecule is O=C(N/N=C\C=C\c1ccccc1)c1cc(-c2ccccc2)nc2ccccc12. The zero-order chi connectivity index (χ0) is 19.9. The Bertz CT molecular complexity index is 1180. The molecule has 0 atom stereocenters. The average Bonchev–Trinajstić information content (AvgIpc) is 2.79. The number of benzene rings is 3. The number of nitrogens with zero attached hydrogens (tertiary/aromatic N) is 2. The van der Waals surface area contributed by atoms with Gasteiger partial charge in [0.2, 0.25) is 0 Å². The van der Waals surface area contributed by atoms with Gasteiger partial charge in [-0.1, -0.05) is 84.9 Å². The number of allylic oxidation sites excluding steroid dienone is 1. The van der Waals surface area contributed by atoms with Gasteiger partial charge in [-0.3, -0.25) is 4.79 Å². The summed E-state index contributed by atoms with van der Waals surface area (Å²) in [6, 6.07) is 29.1.